The van der Waals surface area contributed by atoms with Gasteiger partial charge < -0.3 is 10.0 Å². The molecular formula is C13H16BrNO2. The van der Waals surface area contributed by atoms with Crippen molar-refractivity contribution in [2.75, 3.05) is 14.1 Å². The maximum Gasteiger partial charge on any atom is 0.306 e. The standard InChI is InChI=1S/C13H16BrNO2/c1-15(2)12(10-7-11(10)13(16)17)8-4-3-5-9(14)6-8/h3-6,10-12H,7H2,1-2H3,(H,16,17). The van der Waals surface area contributed by atoms with Crippen LogP contribution in [0.3, 0.4) is 0 Å². The van der Waals surface area contributed by atoms with Gasteiger partial charge in [-0.3, -0.25) is 4.79 Å². The first-order valence-corrected chi connectivity index (χ1v) is 6.44. The van der Waals surface area contributed by atoms with Gasteiger partial charge in [0.05, 0.1) is 5.92 Å². The molecule has 4 heteroatoms. The molecule has 0 aliphatic heterocycles. The van der Waals surface area contributed by atoms with Crippen molar-refractivity contribution in [1.29, 1.82) is 0 Å². The van der Waals surface area contributed by atoms with E-state index in [0.29, 0.717) is 0 Å². The largest absolute Gasteiger partial charge is 0.481 e. The van der Waals surface area contributed by atoms with Crippen LogP contribution in [0.25, 0.3) is 0 Å². The van der Waals surface area contributed by atoms with Crippen molar-refractivity contribution in [3.8, 4) is 0 Å². The third-order valence-corrected chi connectivity index (χ3v) is 3.80. The predicted octanol–water partition coefficient (Wildman–Crippen LogP) is 2.77. The molecule has 1 N–H and O–H groups in total. The van der Waals surface area contributed by atoms with Crippen LogP contribution in [0.5, 0.6) is 0 Å². The van der Waals surface area contributed by atoms with Gasteiger partial charge in [-0.25, -0.2) is 0 Å². The molecule has 3 atom stereocenters. The van der Waals surface area contributed by atoms with E-state index < -0.39 is 5.97 Å². The Balaban J connectivity index is 2.22. The maximum atomic E-state index is 11.0. The Kier molecular flexibility index (Phi) is 3.54. The second kappa shape index (κ2) is 4.78. The minimum absolute atomic E-state index is 0.179. The highest BCUT2D eigenvalue weighted by Gasteiger charge is 2.49. The van der Waals surface area contributed by atoms with Crippen LogP contribution < -0.4 is 0 Å². The fourth-order valence-electron chi connectivity index (χ4n) is 2.47. The van der Waals surface area contributed by atoms with Crippen molar-refractivity contribution in [2.24, 2.45) is 11.8 Å². The van der Waals surface area contributed by atoms with Gasteiger partial charge in [0, 0.05) is 10.5 Å². The second-order valence-corrected chi connectivity index (χ2v) is 5.72. The highest BCUT2D eigenvalue weighted by Crippen LogP contribution is 2.49. The summed E-state index contributed by atoms with van der Waals surface area (Å²) < 4.78 is 1.04. The number of benzene rings is 1. The summed E-state index contributed by atoms with van der Waals surface area (Å²) in [5.41, 5.74) is 1.18. The first kappa shape index (κ1) is 12.6. The van der Waals surface area contributed by atoms with Gasteiger partial charge in [-0.15, -0.1) is 0 Å². The van der Waals surface area contributed by atoms with Crippen LogP contribution in [0.15, 0.2) is 28.7 Å². The Morgan fingerprint density at radius 3 is 2.71 bits per heavy atom. The van der Waals surface area contributed by atoms with Gasteiger partial charge in [0.1, 0.15) is 0 Å². The lowest BCUT2D eigenvalue weighted by Crippen LogP contribution is -2.23. The zero-order valence-electron chi connectivity index (χ0n) is 9.93. The minimum Gasteiger partial charge on any atom is -0.481 e. The molecule has 2 rings (SSSR count). The second-order valence-electron chi connectivity index (χ2n) is 4.81. The van der Waals surface area contributed by atoms with Crippen LogP contribution >= 0.6 is 15.9 Å². The van der Waals surface area contributed by atoms with Crippen molar-refractivity contribution < 1.29 is 9.90 Å². The van der Waals surface area contributed by atoms with Crippen LogP contribution in [-0.2, 0) is 4.79 Å². The summed E-state index contributed by atoms with van der Waals surface area (Å²) in [5, 5.41) is 9.03. The van der Waals surface area contributed by atoms with Gasteiger partial charge in [-0.2, -0.15) is 0 Å². The van der Waals surface area contributed by atoms with Crippen molar-refractivity contribution in [2.45, 2.75) is 12.5 Å². The predicted molar refractivity (Wildman–Crippen MR) is 69.8 cm³/mol. The number of carboxylic acid groups (broad SMARTS) is 1. The third-order valence-electron chi connectivity index (χ3n) is 3.31. The summed E-state index contributed by atoms with van der Waals surface area (Å²) in [4.78, 5) is 13.1. The zero-order chi connectivity index (χ0) is 12.6. The van der Waals surface area contributed by atoms with Gasteiger partial charge in [0.15, 0.2) is 0 Å². The Bertz CT molecular complexity index is 433. The summed E-state index contributed by atoms with van der Waals surface area (Å²) in [7, 11) is 4.01. The van der Waals surface area contributed by atoms with Crippen molar-refractivity contribution in [3.63, 3.8) is 0 Å². The molecule has 0 radical (unpaired) electrons. The van der Waals surface area contributed by atoms with E-state index in [0.717, 1.165) is 10.9 Å². The summed E-state index contributed by atoms with van der Waals surface area (Å²) >= 11 is 3.46. The number of nitrogens with zero attached hydrogens (tertiary/aromatic N) is 1. The smallest absolute Gasteiger partial charge is 0.306 e. The fraction of sp³-hybridized carbons (Fsp3) is 0.462. The quantitative estimate of drug-likeness (QED) is 0.929. The van der Waals surface area contributed by atoms with Gasteiger partial charge in [0.25, 0.3) is 0 Å². The molecule has 92 valence electrons. The van der Waals surface area contributed by atoms with E-state index >= 15 is 0 Å². The van der Waals surface area contributed by atoms with Gasteiger partial charge in [0.2, 0.25) is 0 Å². The number of hydrogen-bond donors (Lipinski definition) is 1. The van der Waals surface area contributed by atoms with Crippen LogP contribution in [0.4, 0.5) is 0 Å². The highest BCUT2D eigenvalue weighted by molar-refractivity contribution is 9.10. The van der Waals surface area contributed by atoms with Crippen molar-refractivity contribution in [3.05, 3.63) is 34.3 Å². The fourth-order valence-corrected chi connectivity index (χ4v) is 2.88. The van der Waals surface area contributed by atoms with Gasteiger partial charge >= 0.3 is 5.97 Å². The molecule has 0 heterocycles. The van der Waals surface area contributed by atoms with Crippen LogP contribution in [-0.4, -0.2) is 30.1 Å². The maximum absolute atomic E-state index is 11.0. The first-order valence-electron chi connectivity index (χ1n) is 5.65. The van der Waals surface area contributed by atoms with Crippen molar-refractivity contribution in [1.82, 2.24) is 4.90 Å². The zero-order valence-corrected chi connectivity index (χ0v) is 11.5. The molecule has 3 unspecified atom stereocenters. The summed E-state index contributed by atoms with van der Waals surface area (Å²) in [6.45, 7) is 0. The molecule has 0 spiro atoms. The Hall–Kier alpha value is -0.870. The number of rotatable bonds is 4. The summed E-state index contributed by atoms with van der Waals surface area (Å²) in [6, 6.07) is 8.30. The lowest BCUT2D eigenvalue weighted by molar-refractivity contribution is -0.139. The van der Waals surface area contributed by atoms with Crippen LogP contribution in [0.2, 0.25) is 0 Å². The van der Waals surface area contributed by atoms with Gasteiger partial charge in [-0.05, 0) is 44.1 Å². The minimum atomic E-state index is -0.670. The Labute approximate surface area is 110 Å². The lowest BCUT2D eigenvalue weighted by atomic mass is 10.00. The van der Waals surface area contributed by atoms with E-state index in [9.17, 15) is 4.79 Å². The Morgan fingerprint density at radius 2 is 2.24 bits per heavy atom. The first-order chi connectivity index (χ1) is 8.00. The number of halogens is 1. The average Bonchev–Trinajstić information content (AvgIpc) is 2.97. The molecule has 1 fully saturated rings. The normalized spacial score (nSPS) is 24.7. The van der Waals surface area contributed by atoms with Gasteiger partial charge in [-0.1, -0.05) is 28.1 Å². The topological polar surface area (TPSA) is 40.5 Å². The lowest BCUT2D eigenvalue weighted by Gasteiger charge is -2.25. The summed E-state index contributed by atoms with van der Waals surface area (Å²) in [6.07, 6.45) is 0.782. The molecule has 0 saturated heterocycles. The molecule has 3 nitrogen and oxygen atoms in total. The van der Waals surface area contributed by atoms with Crippen molar-refractivity contribution >= 4 is 21.9 Å². The van der Waals surface area contributed by atoms with E-state index in [4.69, 9.17) is 5.11 Å². The number of carboxylic acids is 1. The Morgan fingerprint density at radius 1 is 1.53 bits per heavy atom. The molecule has 17 heavy (non-hydrogen) atoms. The summed E-state index contributed by atoms with van der Waals surface area (Å²) in [5.74, 6) is -0.616. The molecular weight excluding hydrogens is 282 g/mol. The monoisotopic (exact) mass is 297 g/mol. The molecule has 1 saturated carbocycles. The van der Waals surface area contributed by atoms with Crippen LogP contribution in [0, 0.1) is 11.8 Å². The molecule has 1 aromatic carbocycles. The molecule has 1 aliphatic carbocycles. The molecule has 1 aromatic rings. The van der Waals surface area contributed by atoms with E-state index in [-0.39, 0.29) is 17.9 Å². The highest BCUT2D eigenvalue weighted by atomic mass is 79.9. The average molecular weight is 298 g/mol. The number of aliphatic carboxylic acids is 1. The number of carbonyl (C=O) groups is 1. The number of hydrogen-bond acceptors (Lipinski definition) is 2. The third kappa shape index (κ3) is 2.69. The molecule has 0 bridgehead atoms. The van der Waals surface area contributed by atoms with E-state index in [2.05, 4.69) is 33.0 Å². The molecule has 0 aromatic heterocycles. The SMILES string of the molecule is CN(C)C(c1cccc(Br)c1)C1CC1C(=O)O. The molecule has 0 amide bonds. The molecule has 1 aliphatic rings. The van der Waals surface area contributed by atoms with E-state index in [1.54, 1.807) is 0 Å². The van der Waals surface area contributed by atoms with E-state index in [1.807, 2.05) is 26.2 Å². The van der Waals surface area contributed by atoms with E-state index in [1.165, 1.54) is 5.56 Å². The van der Waals surface area contributed by atoms with Crippen LogP contribution in [0.1, 0.15) is 18.0 Å².